The number of nitrogens with one attached hydrogen (secondary N) is 2. The van der Waals surface area contributed by atoms with E-state index in [9.17, 15) is 15.2 Å². The first-order valence-electron chi connectivity index (χ1n) is 8.31. The SMILES string of the molecule is O=[N+]([O-])c1ccc(OCC(O)CNCCc2nc3ccccc3[nH]2)cc1. The molecule has 1 aromatic heterocycles. The van der Waals surface area contributed by atoms with Gasteiger partial charge in [0.2, 0.25) is 0 Å². The zero-order valence-electron chi connectivity index (χ0n) is 14.1. The number of nitro groups is 1. The molecule has 3 N–H and O–H groups in total. The van der Waals surface area contributed by atoms with Crippen LogP contribution in [-0.2, 0) is 6.42 Å². The molecule has 8 nitrogen and oxygen atoms in total. The maximum Gasteiger partial charge on any atom is 0.269 e. The molecule has 8 heteroatoms. The fraction of sp³-hybridized carbons (Fsp3) is 0.278. The fourth-order valence-electron chi connectivity index (χ4n) is 2.51. The number of rotatable bonds is 9. The molecular weight excluding hydrogens is 336 g/mol. The molecule has 0 radical (unpaired) electrons. The van der Waals surface area contributed by atoms with E-state index in [1.807, 2.05) is 24.3 Å². The van der Waals surface area contributed by atoms with Crippen molar-refractivity contribution in [2.24, 2.45) is 0 Å². The summed E-state index contributed by atoms with van der Waals surface area (Å²) in [7, 11) is 0. The van der Waals surface area contributed by atoms with Crippen LogP contribution in [0.5, 0.6) is 5.75 Å². The number of nitro benzene ring substituents is 1. The van der Waals surface area contributed by atoms with Crippen molar-refractivity contribution >= 4 is 16.7 Å². The van der Waals surface area contributed by atoms with Crippen LogP contribution >= 0.6 is 0 Å². The van der Waals surface area contributed by atoms with Gasteiger partial charge in [-0.2, -0.15) is 0 Å². The highest BCUT2D eigenvalue weighted by Gasteiger charge is 2.08. The van der Waals surface area contributed by atoms with E-state index in [-0.39, 0.29) is 12.3 Å². The van der Waals surface area contributed by atoms with Crippen molar-refractivity contribution in [1.29, 1.82) is 0 Å². The van der Waals surface area contributed by atoms with E-state index >= 15 is 0 Å². The Bertz CT molecular complexity index is 830. The van der Waals surface area contributed by atoms with Crippen LogP contribution in [0.25, 0.3) is 11.0 Å². The number of para-hydroxylation sites is 2. The Morgan fingerprint density at radius 3 is 2.73 bits per heavy atom. The molecule has 1 unspecified atom stereocenters. The van der Waals surface area contributed by atoms with Crippen LogP contribution in [-0.4, -0.2) is 45.8 Å². The number of hydrogen-bond donors (Lipinski definition) is 3. The second-order valence-electron chi connectivity index (χ2n) is 5.87. The minimum absolute atomic E-state index is 0.00477. The monoisotopic (exact) mass is 356 g/mol. The summed E-state index contributed by atoms with van der Waals surface area (Å²) in [6.45, 7) is 1.16. The number of fused-ring (bicyclic) bond motifs is 1. The van der Waals surface area contributed by atoms with Crippen molar-refractivity contribution in [1.82, 2.24) is 15.3 Å². The summed E-state index contributed by atoms with van der Waals surface area (Å²) in [4.78, 5) is 17.9. The number of aliphatic hydroxyl groups excluding tert-OH is 1. The van der Waals surface area contributed by atoms with Crippen LogP contribution in [0.4, 0.5) is 5.69 Å². The average Bonchev–Trinajstić information content (AvgIpc) is 3.06. The Morgan fingerprint density at radius 1 is 1.23 bits per heavy atom. The minimum Gasteiger partial charge on any atom is -0.491 e. The van der Waals surface area contributed by atoms with Gasteiger partial charge in [-0.25, -0.2) is 4.98 Å². The zero-order valence-corrected chi connectivity index (χ0v) is 14.1. The maximum atomic E-state index is 10.6. The lowest BCUT2D eigenvalue weighted by atomic mass is 10.3. The number of aromatic amines is 1. The van der Waals surface area contributed by atoms with Gasteiger partial charge in [-0.15, -0.1) is 0 Å². The van der Waals surface area contributed by atoms with Crippen molar-refractivity contribution in [2.45, 2.75) is 12.5 Å². The number of ether oxygens (including phenoxy) is 1. The Balaban J connectivity index is 1.36. The van der Waals surface area contributed by atoms with Crippen molar-refractivity contribution in [3.63, 3.8) is 0 Å². The highest BCUT2D eigenvalue weighted by Crippen LogP contribution is 2.17. The predicted octanol–water partition coefficient (Wildman–Crippen LogP) is 2.04. The molecule has 26 heavy (non-hydrogen) atoms. The summed E-state index contributed by atoms with van der Waals surface area (Å²) in [6, 6.07) is 13.6. The number of H-pyrrole nitrogens is 1. The molecule has 0 aliphatic carbocycles. The number of hydrogen-bond acceptors (Lipinski definition) is 6. The lowest BCUT2D eigenvalue weighted by Gasteiger charge is -2.13. The smallest absolute Gasteiger partial charge is 0.269 e. The fourth-order valence-corrected chi connectivity index (χ4v) is 2.51. The van der Waals surface area contributed by atoms with Crippen molar-refractivity contribution < 1.29 is 14.8 Å². The number of nitrogens with zero attached hydrogens (tertiary/aromatic N) is 2. The van der Waals surface area contributed by atoms with Crippen molar-refractivity contribution in [2.75, 3.05) is 19.7 Å². The molecule has 0 amide bonds. The second kappa shape index (κ2) is 8.41. The second-order valence-corrected chi connectivity index (χ2v) is 5.87. The average molecular weight is 356 g/mol. The lowest BCUT2D eigenvalue weighted by molar-refractivity contribution is -0.384. The third-order valence-corrected chi connectivity index (χ3v) is 3.85. The van der Waals surface area contributed by atoms with Gasteiger partial charge in [0, 0.05) is 31.6 Å². The van der Waals surface area contributed by atoms with Gasteiger partial charge >= 0.3 is 0 Å². The van der Waals surface area contributed by atoms with Gasteiger partial charge < -0.3 is 20.1 Å². The summed E-state index contributed by atoms with van der Waals surface area (Å²) in [5.41, 5.74) is 1.96. The van der Waals surface area contributed by atoms with Gasteiger partial charge in [0.05, 0.1) is 16.0 Å². The van der Waals surface area contributed by atoms with E-state index in [0.717, 1.165) is 23.3 Å². The first-order valence-corrected chi connectivity index (χ1v) is 8.31. The van der Waals surface area contributed by atoms with E-state index in [4.69, 9.17) is 4.74 Å². The van der Waals surface area contributed by atoms with Gasteiger partial charge in [-0.05, 0) is 24.3 Å². The number of benzene rings is 2. The molecule has 0 aliphatic heterocycles. The molecule has 0 saturated heterocycles. The van der Waals surface area contributed by atoms with Crippen LogP contribution in [0.15, 0.2) is 48.5 Å². The molecule has 1 heterocycles. The third-order valence-electron chi connectivity index (χ3n) is 3.85. The van der Waals surface area contributed by atoms with Gasteiger partial charge in [-0.3, -0.25) is 10.1 Å². The quantitative estimate of drug-likeness (QED) is 0.307. The van der Waals surface area contributed by atoms with E-state index in [0.29, 0.717) is 18.8 Å². The van der Waals surface area contributed by atoms with E-state index in [1.54, 1.807) is 0 Å². The van der Waals surface area contributed by atoms with Crippen LogP contribution < -0.4 is 10.1 Å². The van der Waals surface area contributed by atoms with E-state index < -0.39 is 11.0 Å². The predicted molar refractivity (Wildman–Crippen MR) is 97.3 cm³/mol. The van der Waals surface area contributed by atoms with Crippen molar-refractivity contribution in [3.8, 4) is 5.75 Å². The van der Waals surface area contributed by atoms with Gasteiger partial charge in [0.25, 0.3) is 5.69 Å². The van der Waals surface area contributed by atoms with Gasteiger partial charge in [0.1, 0.15) is 24.3 Å². The largest absolute Gasteiger partial charge is 0.491 e. The molecule has 0 spiro atoms. The Labute approximate surface area is 150 Å². The summed E-state index contributed by atoms with van der Waals surface area (Å²) < 4.78 is 5.43. The number of aliphatic hydroxyl groups is 1. The van der Waals surface area contributed by atoms with E-state index in [2.05, 4.69) is 15.3 Å². The number of aromatic nitrogens is 2. The molecule has 0 aliphatic rings. The molecule has 3 aromatic rings. The van der Waals surface area contributed by atoms with E-state index in [1.165, 1.54) is 24.3 Å². The molecule has 0 fully saturated rings. The maximum absolute atomic E-state index is 10.6. The number of non-ortho nitro benzene ring substituents is 1. The highest BCUT2D eigenvalue weighted by atomic mass is 16.6. The Morgan fingerprint density at radius 2 is 2.00 bits per heavy atom. The normalized spacial score (nSPS) is 12.2. The third kappa shape index (κ3) is 4.78. The molecule has 0 saturated carbocycles. The summed E-state index contributed by atoms with van der Waals surface area (Å²) in [5.74, 6) is 1.38. The summed E-state index contributed by atoms with van der Waals surface area (Å²) in [6.07, 6.45) is 0.0470. The van der Waals surface area contributed by atoms with Gasteiger partial charge in [0.15, 0.2) is 0 Å². The lowest BCUT2D eigenvalue weighted by Crippen LogP contribution is -2.32. The Kier molecular flexibility index (Phi) is 5.77. The standard InChI is InChI=1S/C18H20N4O4/c23-14(12-26-15-7-5-13(6-8-15)22(24)25)11-19-10-9-18-20-16-3-1-2-4-17(16)21-18/h1-8,14,19,23H,9-12H2,(H,20,21). The van der Waals surface area contributed by atoms with Crippen LogP contribution in [0.3, 0.4) is 0 Å². The molecule has 2 aromatic carbocycles. The first kappa shape index (κ1) is 17.8. The molecule has 1 atom stereocenters. The molecule has 3 rings (SSSR count). The highest BCUT2D eigenvalue weighted by molar-refractivity contribution is 5.74. The number of imidazole rings is 1. The summed E-state index contributed by atoms with van der Waals surface area (Å²) >= 11 is 0. The van der Waals surface area contributed by atoms with Gasteiger partial charge in [-0.1, -0.05) is 12.1 Å². The van der Waals surface area contributed by atoms with Crippen LogP contribution in [0, 0.1) is 10.1 Å². The van der Waals surface area contributed by atoms with Crippen molar-refractivity contribution in [3.05, 3.63) is 64.5 Å². The topological polar surface area (TPSA) is 113 Å². The zero-order chi connectivity index (χ0) is 18.4. The first-order chi connectivity index (χ1) is 12.6. The molecule has 0 bridgehead atoms. The van der Waals surface area contributed by atoms with Crippen LogP contribution in [0.1, 0.15) is 5.82 Å². The Hall–Kier alpha value is -2.97. The van der Waals surface area contributed by atoms with Crippen LogP contribution in [0.2, 0.25) is 0 Å². The summed E-state index contributed by atoms with van der Waals surface area (Å²) in [5, 5.41) is 23.7. The minimum atomic E-state index is -0.680. The molecule has 136 valence electrons. The molecular formula is C18H20N4O4.